The molecule has 0 heterocycles. The smallest absolute Gasteiger partial charge is 0.123 e. The Balaban J connectivity index is 2.36. The monoisotopic (exact) mass is 311 g/mol. The minimum atomic E-state index is 0.365. The van der Waals surface area contributed by atoms with Crippen LogP contribution in [0.1, 0.15) is 36.9 Å². The van der Waals surface area contributed by atoms with Crippen LogP contribution >= 0.6 is 15.9 Å². The van der Waals surface area contributed by atoms with Gasteiger partial charge < -0.3 is 10.1 Å². The highest BCUT2D eigenvalue weighted by Crippen LogP contribution is 2.44. The van der Waals surface area contributed by atoms with Crippen molar-refractivity contribution in [1.82, 2.24) is 5.32 Å². The molecule has 2 rings (SSSR count). The van der Waals surface area contributed by atoms with Crippen molar-refractivity contribution < 1.29 is 4.74 Å². The van der Waals surface area contributed by atoms with Crippen LogP contribution in [-0.4, -0.2) is 14.2 Å². The van der Waals surface area contributed by atoms with Gasteiger partial charge in [-0.3, -0.25) is 0 Å². The summed E-state index contributed by atoms with van der Waals surface area (Å²) in [6.07, 6.45) is 2.74. The third-order valence-corrected chi connectivity index (χ3v) is 4.90. The molecule has 0 aliphatic heterocycles. The van der Waals surface area contributed by atoms with Crippen LogP contribution in [0.4, 0.5) is 0 Å². The Morgan fingerprint density at radius 3 is 2.56 bits per heavy atom. The molecule has 1 fully saturated rings. The first kappa shape index (κ1) is 13.9. The molecule has 0 amide bonds. The van der Waals surface area contributed by atoms with Gasteiger partial charge in [-0.15, -0.1) is 0 Å². The number of nitrogens with one attached hydrogen (secondary N) is 1. The summed E-state index contributed by atoms with van der Waals surface area (Å²) in [6, 6.07) is 4.68. The van der Waals surface area contributed by atoms with Crippen molar-refractivity contribution in [2.75, 3.05) is 14.2 Å². The van der Waals surface area contributed by atoms with Gasteiger partial charge in [-0.1, -0.05) is 22.9 Å². The lowest BCUT2D eigenvalue weighted by atomic mass is 9.89. The number of halogens is 1. The third-order valence-electron chi connectivity index (χ3n) is 4.05. The number of methoxy groups -OCH3 is 1. The van der Waals surface area contributed by atoms with Crippen LogP contribution in [0.3, 0.4) is 0 Å². The van der Waals surface area contributed by atoms with Gasteiger partial charge in [0, 0.05) is 16.1 Å². The zero-order valence-corrected chi connectivity index (χ0v) is 13.2. The summed E-state index contributed by atoms with van der Waals surface area (Å²) in [6.45, 7) is 4.43. The van der Waals surface area contributed by atoms with E-state index in [4.69, 9.17) is 4.74 Å². The molecule has 1 aliphatic rings. The molecule has 1 aromatic carbocycles. The molecule has 2 atom stereocenters. The van der Waals surface area contributed by atoms with E-state index in [1.807, 2.05) is 7.05 Å². The third kappa shape index (κ3) is 2.72. The average molecular weight is 312 g/mol. The zero-order valence-electron chi connectivity index (χ0n) is 11.6. The van der Waals surface area contributed by atoms with E-state index in [9.17, 15) is 0 Å². The van der Waals surface area contributed by atoms with E-state index in [-0.39, 0.29) is 0 Å². The van der Waals surface area contributed by atoms with Gasteiger partial charge in [-0.2, -0.15) is 0 Å². The molecule has 1 aromatic rings. The van der Waals surface area contributed by atoms with Crippen LogP contribution in [0.25, 0.3) is 0 Å². The van der Waals surface area contributed by atoms with Gasteiger partial charge in [-0.05, 0) is 56.3 Å². The number of ether oxygens (including phenoxy) is 1. The molecule has 1 N–H and O–H groups in total. The second-order valence-corrected chi connectivity index (χ2v) is 6.16. The normalized spacial score (nSPS) is 18.5. The number of hydrogen-bond acceptors (Lipinski definition) is 2. The fourth-order valence-corrected chi connectivity index (χ4v) is 3.05. The fraction of sp³-hybridized carbons (Fsp3) is 0.600. The van der Waals surface area contributed by atoms with Gasteiger partial charge in [-0.25, -0.2) is 0 Å². The summed E-state index contributed by atoms with van der Waals surface area (Å²) in [5.74, 6) is 2.51. The molecular formula is C15H22BrNO. The molecule has 100 valence electrons. The highest BCUT2D eigenvalue weighted by molar-refractivity contribution is 9.10. The molecule has 0 radical (unpaired) electrons. The molecule has 2 unspecified atom stereocenters. The van der Waals surface area contributed by atoms with Crippen LogP contribution in [0.2, 0.25) is 0 Å². The maximum atomic E-state index is 5.55. The quantitative estimate of drug-likeness (QED) is 0.885. The maximum absolute atomic E-state index is 5.55. The van der Waals surface area contributed by atoms with E-state index in [2.05, 4.69) is 47.2 Å². The molecule has 1 aliphatic carbocycles. The Labute approximate surface area is 118 Å². The van der Waals surface area contributed by atoms with Crippen molar-refractivity contribution in [3.8, 4) is 5.75 Å². The Hall–Kier alpha value is -0.540. The predicted molar refractivity (Wildman–Crippen MR) is 79.1 cm³/mol. The molecular weight excluding hydrogens is 290 g/mol. The molecule has 1 saturated carbocycles. The van der Waals surface area contributed by atoms with E-state index in [0.717, 1.165) is 16.1 Å². The second kappa shape index (κ2) is 5.62. The Morgan fingerprint density at radius 2 is 2.06 bits per heavy atom. The summed E-state index contributed by atoms with van der Waals surface area (Å²) in [7, 11) is 3.79. The Morgan fingerprint density at radius 1 is 1.39 bits per heavy atom. The topological polar surface area (TPSA) is 21.3 Å². The van der Waals surface area contributed by atoms with Crippen LogP contribution in [-0.2, 0) is 0 Å². The average Bonchev–Trinajstić information content (AvgIpc) is 3.18. The Kier molecular flexibility index (Phi) is 4.33. The van der Waals surface area contributed by atoms with Gasteiger partial charge in [0.05, 0.1) is 7.11 Å². The van der Waals surface area contributed by atoms with Crippen molar-refractivity contribution in [3.63, 3.8) is 0 Å². The van der Waals surface area contributed by atoms with Crippen LogP contribution in [0.5, 0.6) is 5.75 Å². The summed E-state index contributed by atoms with van der Waals surface area (Å²) in [4.78, 5) is 0. The zero-order chi connectivity index (χ0) is 13.3. The SMILES string of the molecule is CNC(c1cc(Br)c(C)cc1OC)C(C)C1CC1. The van der Waals surface area contributed by atoms with Crippen molar-refractivity contribution in [2.24, 2.45) is 11.8 Å². The first-order valence-corrected chi connectivity index (χ1v) is 7.39. The summed E-state index contributed by atoms with van der Waals surface area (Å²) >= 11 is 3.63. The van der Waals surface area contributed by atoms with Crippen molar-refractivity contribution in [3.05, 3.63) is 27.7 Å². The van der Waals surface area contributed by atoms with Crippen LogP contribution in [0.15, 0.2) is 16.6 Å². The largest absolute Gasteiger partial charge is 0.496 e. The van der Waals surface area contributed by atoms with Gasteiger partial charge in [0.25, 0.3) is 0 Å². The minimum absolute atomic E-state index is 0.365. The highest BCUT2D eigenvalue weighted by Gasteiger charge is 2.34. The number of rotatable bonds is 5. The molecule has 0 aromatic heterocycles. The lowest BCUT2D eigenvalue weighted by molar-refractivity contribution is 0.346. The molecule has 3 heteroatoms. The van der Waals surface area contributed by atoms with Crippen LogP contribution < -0.4 is 10.1 Å². The van der Waals surface area contributed by atoms with Gasteiger partial charge >= 0.3 is 0 Å². The Bertz CT molecular complexity index is 429. The predicted octanol–water partition coefficient (Wildman–Crippen LogP) is 4.07. The van der Waals surface area contributed by atoms with Gasteiger partial charge in [0.15, 0.2) is 0 Å². The fourth-order valence-electron chi connectivity index (χ4n) is 2.69. The van der Waals surface area contributed by atoms with Crippen molar-refractivity contribution in [2.45, 2.75) is 32.7 Å². The number of benzene rings is 1. The van der Waals surface area contributed by atoms with E-state index in [1.165, 1.54) is 24.0 Å². The van der Waals surface area contributed by atoms with Crippen molar-refractivity contribution >= 4 is 15.9 Å². The van der Waals surface area contributed by atoms with E-state index in [1.54, 1.807) is 7.11 Å². The molecule has 18 heavy (non-hydrogen) atoms. The number of aryl methyl sites for hydroxylation is 1. The summed E-state index contributed by atoms with van der Waals surface area (Å²) in [5, 5.41) is 3.46. The van der Waals surface area contributed by atoms with Gasteiger partial charge in [0.2, 0.25) is 0 Å². The van der Waals surface area contributed by atoms with E-state index < -0.39 is 0 Å². The maximum Gasteiger partial charge on any atom is 0.123 e. The van der Waals surface area contributed by atoms with E-state index in [0.29, 0.717) is 12.0 Å². The van der Waals surface area contributed by atoms with E-state index >= 15 is 0 Å². The standard InChI is InChI=1S/C15H22BrNO/c1-9-7-14(18-4)12(8-13(9)16)15(17-3)10(2)11-5-6-11/h7-8,10-11,15,17H,5-6H2,1-4H3. The highest BCUT2D eigenvalue weighted by atomic mass is 79.9. The summed E-state index contributed by atoms with van der Waals surface area (Å²) < 4.78 is 6.71. The lowest BCUT2D eigenvalue weighted by Gasteiger charge is -2.26. The van der Waals surface area contributed by atoms with Gasteiger partial charge in [0.1, 0.15) is 5.75 Å². The van der Waals surface area contributed by atoms with Crippen molar-refractivity contribution in [1.29, 1.82) is 0 Å². The molecule has 0 spiro atoms. The molecule has 0 saturated heterocycles. The number of hydrogen-bond donors (Lipinski definition) is 1. The first-order chi connectivity index (χ1) is 8.58. The second-order valence-electron chi connectivity index (χ2n) is 5.31. The van der Waals surface area contributed by atoms with Crippen LogP contribution in [0, 0.1) is 18.8 Å². The summed E-state index contributed by atoms with van der Waals surface area (Å²) in [5.41, 5.74) is 2.47. The molecule has 0 bridgehead atoms. The first-order valence-electron chi connectivity index (χ1n) is 6.59. The minimum Gasteiger partial charge on any atom is -0.496 e. The molecule has 2 nitrogen and oxygen atoms in total. The lowest BCUT2D eigenvalue weighted by Crippen LogP contribution is -2.25.